The summed E-state index contributed by atoms with van der Waals surface area (Å²) in [6.45, 7) is 4.62. The van der Waals surface area contributed by atoms with Crippen LogP contribution in [0.25, 0.3) is 0 Å². The third kappa shape index (κ3) is 2.32. The van der Waals surface area contributed by atoms with Crippen LogP contribution in [0.4, 0.5) is 0 Å². The molecule has 2 aliphatic heterocycles. The van der Waals surface area contributed by atoms with Crippen LogP contribution in [0, 0.1) is 5.92 Å². The zero-order chi connectivity index (χ0) is 10.8. The van der Waals surface area contributed by atoms with Crippen molar-refractivity contribution in [1.29, 1.82) is 0 Å². The Balaban J connectivity index is 1.94. The zero-order valence-electron chi connectivity index (χ0n) is 9.32. The number of cyclic esters (lactones) is 1. The van der Waals surface area contributed by atoms with Gasteiger partial charge in [-0.1, -0.05) is 0 Å². The highest BCUT2D eigenvalue weighted by Crippen LogP contribution is 2.24. The van der Waals surface area contributed by atoms with E-state index in [1.807, 2.05) is 0 Å². The maximum absolute atomic E-state index is 11.5. The summed E-state index contributed by atoms with van der Waals surface area (Å²) < 4.78 is 5.00. The van der Waals surface area contributed by atoms with Gasteiger partial charge in [0.05, 0.1) is 6.61 Å². The van der Waals surface area contributed by atoms with Crippen molar-refractivity contribution >= 4 is 5.97 Å². The molecule has 0 amide bonds. The fourth-order valence-corrected chi connectivity index (χ4v) is 2.57. The maximum Gasteiger partial charge on any atom is 0.323 e. The molecule has 0 spiro atoms. The molecule has 86 valence electrons. The van der Waals surface area contributed by atoms with E-state index in [2.05, 4.69) is 11.8 Å². The van der Waals surface area contributed by atoms with Gasteiger partial charge in [-0.25, -0.2) is 0 Å². The fourth-order valence-electron chi connectivity index (χ4n) is 2.57. The fraction of sp³-hybridized carbons (Fsp3) is 0.909. The van der Waals surface area contributed by atoms with E-state index < -0.39 is 0 Å². The minimum Gasteiger partial charge on any atom is -0.464 e. The molecule has 0 aromatic carbocycles. The summed E-state index contributed by atoms with van der Waals surface area (Å²) in [5.74, 6) is 0.493. The van der Waals surface area contributed by atoms with Crippen LogP contribution in [0.2, 0.25) is 0 Å². The molecule has 2 fully saturated rings. The molecule has 0 aromatic rings. The molecule has 2 N–H and O–H groups in total. The number of piperidine rings is 1. The lowest BCUT2D eigenvalue weighted by Crippen LogP contribution is -2.48. The highest BCUT2D eigenvalue weighted by atomic mass is 16.5. The average molecular weight is 212 g/mol. The summed E-state index contributed by atoms with van der Waals surface area (Å²) in [7, 11) is 0. The van der Waals surface area contributed by atoms with Crippen molar-refractivity contribution in [3.8, 4) is 0 Å². The van der Waals surface area contributed by atoms with Gasteiger partial charge in [-0.2, -0.15) is 0 Å². The number of nitrogens with two attached hydrogens (primary N) is 1. The molecule has 0 radical (unpaired) electrons. The minimum atomic E-state index is -0.0414. The molecule has 3 unspecified atom stereocenters. The lowest BCUT2D eigenvalue weighted by atomic mass is 9.91. The largest absolute Gasteiger partial charge is 0.464 e. The van der Waals surface area contributed by atoms with Crippen molar-refractivity contribution in [3.05, 3.63) is 0 Å². The second-order valence-corrected chi connectivity index (χ2v) is 4.73. The maximum atomic E-state index is 11.5. The topological polar surface area (TPSA) is 55.6 Å². The standard InChI is InChI=1S/C11H20N2O2/c1-8(12)9-3-2-5-13(7-9)10-4-6-15-11(10)14/h8-10H,2-7,12H2,1H3. The number of likely N-dealkylation sites (tertiary alicyclic amines) is 1. The van der Waals surface area contributed by atoms with E-state index in [0.29, 0.717) is 12.5 Å². The average Bonchev–Trinajstić information content (AvgIpc) is 2.64. The van der Waals surface area contributed by atoms with E-state index in [1.54, 1.807) is 0 Å². The normalized spacial score (nSPS) is 35.2. The number of hydrogen-bond acceptors (Lipinski definition) is 4. The second-order valence-electron chi connectivity index (χ2n) is 4.73. The van der Waals surface area contributed by atoms with Gasteiger partial charge < -0.3 is 10.5 Å². The van der Waals surface area contributed by atoms with E-state index >= 15 is 0 Å². The quantitative estimate of drug-likeness (QED) is 0.672. The van der Waals surface area contributed by atoms with Crippen LogP contribution in [0.3, 0.4) is 0 Å². The van der Waals surface area contributed by atoms with Crippen molar-refractivity contribution < 1.29 is 9.53 Å². The number of rotatable bonds is 2. The molecule has 2 heterocycles. The van der Waals surface area contributed by atoms with Gasteiger partial charge in [-0.05, 0) is 32.2 Å². The van der Waals surface area contributed by atoms with Crippen LogP contribution < -0.4 is 5.73 Å². The molecule has 2 aliphatic rings. The predicted molar refractivity (Wildman–Crippen MR) is 57.3 cm³/mol. The van der Waals surface area contributed by atoms with Crippen LogP contribution in [-0.4, -0.2) is 42.6 Å². The number of carbonyl (C=O) groups excluding carboxylic acids is 1. The van der Waals surface area contributed by atoms with E-state index in [-0.39, 0.29) is 18.1 Å². The van der Waals surface area contributed by atoms with Gasteiger partial charge in [0.2, 0.25) is 0 Å². The van der Waals surface area contributed by atoms with Gasteiger partial charge in [0.1, 0.15) is 6.04 Å². The SMILES string of the molecule is CC(N)C1CCCN(C2CCOC2=O)C1. The van der Waals surface area contributed by atoms with Gasteiger partial charge in [-0.3, -0.25) is 9.69 Å². The second kappa shape index (κ2) is 4.49. The van der Waals surface area contributed by atoms with Gasteiger partial charge in [0.25, 0.3) is 0 Å². The third-order valence-corrected chi connectivity index (χ3v) is 3.58. The molecule has 4 heteroatoms. The molecule has 0 aliphatic carbocycles. The van der Waals surface area contributed by atoms with E-state index in [0.717, 1.165) is 25.9 Å². The van der Waals surface area contributed by atoms with Crippen molar-refractivity contribution in [2.24, 2.45) is 11.7 Å². The van der Waals surface area contributed by atoms with Gasteiger partial charge >= 0.3 is 5.97 Å². The Morgan fingerprint density at radius 1 is 1.53 bits per heavy atom. The molecule has 2 saturated heterocycles. The summed E-state index contributed by atoms with van der Waals surface area (Å²) >= 11 is 0. The Bertz CT molecular complexity index is 243. The molecule has 0 bridgehead atoms. The Hall–Kier alpha value is -0.610. The number of esters is 1. The third-order valence-electron chi connectivity index (χ3n) is 3.58. The molecule has 15 heavy (non-hydrogen) atoms. The van der Waals surface area contributed by atoms with E-state index in [4.69, 9.17) is 10.5 Å². The first-order chi connectivity index (χ1) is 7.18. The molecule has 4 nitrogen and oxygen atoms in total. The monoisotopic (exact) mass is 212 g/mol. The first-order valence-corrected chi connectivity index (χ1v) is 5.85. The number of ether oxygens (including phenoxy) is 1. The van der Waals surface area contributed by atoms with Crippen LogP contribution in [0.15, 0.2) is 0 Å². The van der Waals surface area contributed by atoms with Crippen LogP contribution in [-0.2, 0) is 9.53 Å². The van der Waals surface area contributed by atoms with Gasteiger partial charge in [-0.15, -0.1) is 0 Å². The lowest BCUT2D eigenvalue weighted by molar-refractivity contribution is -0.142. The smallest absolute Gasteiger partial charge is 0.323 e. The Morgan fingerprint density at radius 2 is 2.33 bits per heavy atom. The molecule has 3 atom stereocenters. The van der Waals surface area contributed by atoms with Crippen LogP contribution in [0.5, 0.6) is 0 Å². The summed E-state index contributed by atoms with van der Waals surface area (Å²) in [5, 5.41) is 0. The molecule has 0 aromatic heterocycles. The van der Waals surface area contributed by atoms with Crippen LogP contribution >= 0.6 is 0 Å². The zero-order valence-corrected chi connectivity index (χ0v) is 9.32. The van der Waals surface area contributed by atoms with Crippen molar-refractivity contribution in [2.75, 3.05) is 19.7 Å². The van der Waals surface area contributed by atoms with E-state index in [1.165, 1.54) is 6.42 Å². The van der Waals surface area contributed by atoms with Crippen molar-refractivity contribution in [3.63, 3.8) is 0 Å². The minimum absolute atomic E-state index is 0.00606. The van der Waals surface area contributed by atoms with Crippen molar-refractivity contribution in [2.45, 2.75) is 38.3 Å². The molecular weight excluding hydrogens is 192 g/mol. The lowest BCUT2D eigenvalue weighted by Gasteiger charge is -2.36. The van der Waals surface area contributed by atoms with Crippen LogP contribution in [0.1, 0.15) is 26.2 Å². The predicted octanol–water partition coefficient (Wildman–Crippen LogP) is 0.361. The summed E-state index contributed by atoms with van der Waals surface area (Å²) in [6, 6.07) is 0.233. The first-order valence-electron chi connectivity index (χ1n) is 5.85. The molecular formula is C11H20N2O2. The van der Waals surface area contributed by atoms with E-state index in [9.17, 15) is 4.79 Å². The summed E-state index contributed by atoms with van der Waals surface area (Å²) in [5.41, 5.74) is 5.92. The Labute approximate surface area is 90.8 Å². The van der Waals surface area contributed by atoms with Crippen molar-refractivity contribution in [1.82, 2.24) is 4.90 Å². The Morgan fingerprint density at radius 3 is 2.93 bits per heavy atom. The summed E-state index contributed by atoms with van der Waals surface area (Å²) in [6.07, 6.45) is 3.19. The highest BCUT2D eigenvalue weighted by Gasteiger charge is 2.35. The number of carbonyl (C=O) groups is 1. The van der Waals surface area contributed by atoms with Gasteiger partial charge in [0.15, 0.2) is 0 Å². The first kappa shape index (κ1) is 10.9. The number of nitrogens with zero attached hydrogens (tertiary/aromatic N) is 1. The Kier molecular flexibility index (Phi) is 3.26. The van der Waals surface area contributed by atoms with Gasteiger partial charge in [0, 0.05) is 19.0 Å². The molecule has 0 saturated carbocycles. The number of hydrogen-bond donors (Lipinski definition) is 1. The molecule has 2 rings (SSSR count). The highest BCUT2D eigenvalue weighted by molar-refractivity contribution is 5.77. The summed E-state index contributed by atoms with van der Waals surface area (Å²) in [4.78, 5) is 13.7.